The third-order valence-electron chi connectivity index (χ3n) is 2.09. The predicted octanol–water partition coefficient (Wildman–Crippen LogP) is 2.26. The van der Waals surface area contributed by atoms with Crippen molar-refractivity contribution in [1.82, 2.24) is 4.40 Å². The molecule has 0 aromatic carbocycles. The molecule has 0 atom stereocenters. The molecule has 0 bridgehead atoms. The summed E-state index contributed by atoms with van der Waals surface area (Å²) in [5, 5.41) is 0. The largest absolute Gasteiger partial charge is 0.462 e. The van der Waals surface area contributed by atoms with Crippen molar-refractivity contribution < 1.29 is 13.9 Å². The van der Waals surface area contributed by atoms with E-state index in [2.05, 4.69) is 0 Å². The van der Waals surface area contributed by atoms with Gasteiger partial charge < -0.3 is 4.74 Å². The number of halogens is 1. The first kappa shape index (κ1) is 9.71. The second kappa shape index (κ2) is 3.73. The summed E-state index contributed by atoms with van der Waals surface area (Å²) in [7, 11) is 0. The summed E-state index contributed by atoms with van der Waals surface area (Å²) in [6.07, 6.45) is 1.43. The van der Waals surface area contributed by atoms with Gasteiger partial charge >= 0.3 is 5.97 Å². The van der Waals surface area contributed by atoms with E-state index in [-0.39, 0.29) is 0 Å². The van der Waals surface area contributed by atoms with Crippen LogP contribution in [0.1, 0.15) is 17.3 Å². The second-order valence-corrected chi connectivity index (χ2v) is 3.09. The highest BCUT2D eigenvalue weighted by atomic mass is 19.1. The maximum atomic E-state index is 13.3. The average Bonchev–Trinajstić information content (AvgIpc) is 2.63. The van der Waals surface area contributed by atoms with Crippen molar-refractivity contribution in [3.05, 3.63) is 42.0 Å². The number of aromatic nitrogens is 1. The molecule has 4 heteroatoms. The van der Waals surface area contributed by atoms with E-state index in [0.29, 0.717) is 17.7 Å². The van der Waals surface area contributed by atoms with Gasteiger partial charge in [-0.15, -0.1) is 0 Å². The van der Waals surface area contributed by atoms with Crippen LogP contribution in [0.2, 0.25) is 0 Å². The SMILES string of the molecule is CCOC(=O)c1cc2cccc(F)n2c1. The molecule has 2 aromatic heterocycles. The normalized spacial score (nSPS) is 10.5. The number of hydrogen-bond donors (Lipinski definition) is 0. The van der Waals surface area contributed by atoms with Gasteiger partial charge in [0.25, 0.3) is 0 Å². The highest BCUT2D eigenvalue weighted by molar-refractivity contribution is 5.91. The summed E-state index contributed by atoms with van der Waals surface area (Å²) in [4.78, 5) is 11.4. The zero-order valence-electron chi connectivity index (χ0n) is 8.24. The summed E-state index contributed by atoms with van der Waals surface area (Å²) in [6.45, 7) is 2.04. The molecule has 0 spiro atoms. The third kappa shape index (κ3) is 1.70. The van der Waals surface area contributed by atoms with Gasteiger partial charge in [-0.1, -0.05) is 6.07 Å². The van der Waals surface area contributed by atoms with Gasteiger partial charge in [0.05, 0.1) is 12.2 Å². The van der Waals surface area contributed by atoms with E-state index in [1.165, 1.54) is 16.7 Å². The molecule has 0 unspecified atom stereocenters. The van der Waals surface area contributed by atoms with Crippen molar-refractivity contribution in [2.75, 3.05) is 6.61 Å². The van der Waals surface area contributed by atoms with Crippen LogP contribution in [0.25, 0.3) is 5.52 Å². The Bertz CT molecular complexity index is 504. The highest BCUT2D eigenvalue weighted by Gasteiger charge is 2.10. The number of ether oxygens (including phenoxy) is 1. The Kier molecular flexibility index (Phi) is 2.41. The van der Waals surface area contributed by atoms with Crippen molar-refractivity contribution >= 4 is 11.5 Å². The predicted molar refractivity (Wildman–Crippen MR) is 53.3 cm³/mol. The summed E-state index contributed by atoms with van der Waals surface area (Å²) < 4.78 is 19.4. The van der Waals surface area contributed by atoms with Crippen LogP contribution in [0, 0.1) is 5.95 Å². The van der Waals surface area contributed by atoms with Gasteiger partial charge in [0, 0.05) is 11.7 Å². The molecule has 0 saturated heterocycles. The van der Waals surface area contributed by atoms with Crippen LogP contribution >= 0.6 is 0 Å². The molecule has 0 fully saturated rings. The number of rotatable bonds is 2. The number of hydrogen-bond acceptors (Lipinski definition) is 2. The van der Waals surface area contributed by atoms with E-state index >= 15 is 0 Å². The van der Waals surface area contributed by atoms with Gasteiger partial charge in [0.1, 0.15) is 0 Å². The van der Waals surface area contributed by atoms with Crippen LogP contribution < -0.4 is 0 Å². The van der Waals surface area contributed by atoms with Crippen molar-refractivity contribution in [2.45, 2.75) is 6.92 Å². The first-order valence-electron chi connectivity index (χ1n) is 4.66. The fourth-order valence-electron chi connectivity index (χ4n) is 1.43. The van der Waals surface area contributed by atoms with Crippen LogP contribution in [0.4, 0.5) is 4.39 Å². The minimum Gasteiger partial charge on any atom is -0.462 e. The lowest BCUT2D eigenvalue weighted by Crippen LogP contribution is -2.02. The second-order valence-electron chi connectivity index (χ2n) is 3.09. The Labute approximate surface area is 86.1 Å². The van der Waals surface area contributed by atoms with Gasteiger partial charge in [-0.25, -0.2) is 4.79 Å². The molecule has 15 heavy (non-hydrogen) atoms. The molecule has 2 rings (SSSR count). The summed E-state index contributed by atoms with van der Waals surface area (Å²) >= 11 is 0. The molecule has 0 radical (unpaired) electrons. The molecule has 0 amide bonds. The maximum absolute atomic E-state index is 13.3. The molecule has 0 N–H and O–H groups in total. The molecule has 0 aliphatic heterocycles. The Hall–Kier alpha value is -1.84. The van der Waals surface area contributed by atoms with E-state index < -0.39 is 11.9 Å². The minimum absolute atomic E-state index is 0.313. The lowest BCUT2D eigenvalue weighted by molar-refractivity contribution is 0.0526. The Morgan fingerprint density at radius 1 is 1.53 bits per heavy atom. The Balaban J connectivity index is 2.47. The Morgan fingerprint density at radius 3 is 3.00 bits per heavy atom. The number of fused-ring (bicyclic) bond motifs is 1. The van der Waals surface area contributed by atoms with Gasteiger partial charge in [0.15, 0.2) is 5.95 Å². The molecule has 2 aromatic rings. The molecular formula is C11H10FNO2. The smallest absolute Gasteiger partial charge is 0.339 e. The molecule has 2 heterocycles. The van der Waals surface area contributed by atoms with Crippen LogP contribution in [0.15, 0.2) is 30.5 Å². The molecule has 78 valence electrons. The van der Waals surface area contributed by atoms with Crippen LogP contribution in [0.3, 0.4) is 0 Å². The van der Waals surface area contributed by atoms with Crippen LogP contribution in [0.5, 0.6) is 0 Å². The van der Waals surface area contributed by atoms with Gasteiger partial charge in [-0.2, -0.15) is 4.39 Å². The number of carbonyl (C=O) groups is 1. The van der Waals surface area contributed by atoms with Crippen molar-refractivity contribution in [1.29, 1.82) is 0 Å². The minimum atomic E-state index is -0.430. The molecule has 0 aliphatic carbocycles. The molecule has 0 saturated carbocycles. The van der Waals surface area contributed by atoms with Crippen molar-refractivity contribution in [3.8, 4) is 0 Å². The van der Waals surface area contributed by atoms with Crippen LogP contribution in [-0.2, 0) is 4.74 Å². The summed E-state index contributed by atoms with van der Waals surface area (Å²) in [5.74, 6) is -0.830. The zero-order chi connectivity index (χ0) is 10.8. The molecular weight excluding hydrogens is 197 g/mol. The van der Waals surface area contributed by atoms with Crippen LogP contribution in [-0.4, -0.2) is 17.0 Å². The topological polar surface area (TPSA) is 30.7 Å². The summed E-state index contributed by atoms with van der Waals surface area (Å²) in [6, 6.07) is 6.26. The number of esters is 1. The standard InChI is InChI=1S/C11H10FNO2/c1-2-15-11(14)8-6-9-4-3-5-10(12)13(9)7-8/h3-7H,2H2,1H3. The lowest BCUT2D eigenvalue weighted by atomic mass is 10.3. The van der Waals surface area contributed by atoms with E-state index in [4.69, 9.17) is 4.74 Å². The third-order valence-corrected chi connectivity index (χ3v) is 2.09. The number of carbonyl (C=O) groups excluding carboxylic acids is 1. The zero-order valence-corrected chi connectivity index (χ0v) is 8.24. The van der Waals surface area contributed by atoms with E-state index in [1.807, 2.05) is 0 Å². The fraction of sp³-hybridized carbons (Fsp3) is 0.182. The van der Waals surface area contributed by atoms with Gasteiger partial charge in [-0.05, 0) is 25.1 Å². The number of nitrogens with zero attached hydrogens (tertiary/aromatic N) is 1. The van der Waals surface area contributed by atoms with Crippen molar-refractivity contribution in [3.63, 3.8) is 0 Å². The maximum Gasteiger partial charge on any atom is 0.339 e. The van der Waals surface area contributed by atoms with Crippen molar-refractivity contribution in [2.24, 2.45) is 0 Å². The number of pyridine rings is 1. The van der Waals surface area contributed by atoms with E-state index in [1.54, 1.807) is 25.1 Å². The van der Waals surface area contributed by atoms with Gasteiger partial charge in [-0.3, -0.25) is 4.40 Å². The molecule has 3 nitrogen and oxygen atoms in total. The van der Waals surface area contributed by atoms with E-state index in [0.717, 1.165) is 0 Å². The Morgan fingerprint density at radius 2 is 2.33 bits per heavy atom. The van der Waals surface area contributed by atoms with Gasteiger partial charge in [0.2, 0.25) is 0 Å². The quantitative estimate of drug-likeness (QED) is 0.558. The monoisotopic (exact) mass is 207 g/mol. The first-order valence-corrected chi connectivity index (χ1v) is 4.66. The average molecular weight is 207 g/mol. The highest BCUT2D eigenvalue weighted by Crippen LogP contribution is 2.13. The van der Waals surface area contributed by atoms with E-state index in [9.17, 15) is 9.18 Å². The molecule has 0 aliphatic rings. The summed E-state index contributed by atoms with van der Waals surface area (Å²) in [5.41, 5.74) is 1.00. The lowest BCUT2D eigenvalue weighted by Gasteiger charge is -1.96. The fourth-order valence-corrected chi connectivity index (χ4v) is 1.43. The first-order chi connectivity index (χ1) is 7.22.